The Morgan fingerprint density at radius 3 is 2.67 bits per heavy atom. The van der Waals surface area contributed by atoms with Gasteiger partial charge in [0.05, 0.1) is 0 Å². The molecular formula is C11H17Cl2N5. The Hall–Kier alpha value is -0.650. The maximum atomic E-state index is 5.89. The average molecular weight is 290 g/mol. The van der Waals surface area contributed by atoms with Gasteiger partial charge in [0.1, 0.15) is 0 Å². The van der Waals surface area contributed by atoms with Gasteiger partial charge in [0.15, 0.2) is 11.0 Å². The van der Waals surface area contributed by atoms with Crippen LogP contribution in [0.25, 0.3) is 0 Å². The van der Waals surface area contributed by atoms with Crippen LogP contribution in [0.4, 0.5) is 5.82 Å². The van der Waals surface area contributed by atoms with Crippen molar-refractivity contribution in [2.45, 2.75) is 19.8 Å². The van der Waals surface area contributed by atoms with Gasteiger partial charge in [-0.25, -0.2) is 0 Å². The highest BCUT2D eigenvalue weighted by molar-refractivity contribution is 6.32. The predicted molar refractivity (Wildman–Crippen MR) is 73.2 cm³/mol. The van der Waals surface area contributed by atoms with Gasteiger partial charge < -0.3 is 10.2 Å². The molecule has 7 heteroatoms. The summed E-state index contributed by atoms with van der Waals surface area (Å²) in [6.07, 6.45) is 2.40. The fraction of sp³-hybridized carbons (Fsp3) is 0.727. The van der Waals surface area contributed by atoms with Crippen LogP contribution in [-0.2, 0) is 0 Å². The molecule has 0 atom stereocenters. The molecule has 1 aromatic heterocycles. The van der Waals surface area contributed by atoms with Gasteiger partial charge in [-0.05, 0) is 50.0 Å². The molecule has 0 amide bonds. The number of halogens is 2. The maximum Gasteiger partial charge on any atom is 0.245 e. The summed E-state index contributed by atoms with van der Waals surface area (Å²) in [6, 6.07) is 0. The van der Waals surface area contributed by atoms with Gasteiger partial charge in [0.25, 0.3) is 0 Å². The summed E-state index contributed by atoms with van der Waals surface area (Å²) >= 11 is 11.6. The molecule has 18 heavy (non-hydrogen) atoms. The molecule has 0 aliphatic carbocycles. The van der Waals surface area contributed by atoms with Crippen molar-refractivity contribution in [3.8, 4) is 0 Å². The average Bonchev–Trinajstić information content (AvgIpc) is 2.40. The summed E-state index contributed by atoms with van der Waals surface area (Å²) in [5.41, 5.74) is 0. The minimum absolute atomic E-state index is 0.114. The summed E-state index contributed by atoms with van der Waals surface area (Å²) in [7, 11) is 0. The number of hydrogen-bond donors (Lipinski definition) is 1. The quantitative estimate of drug-likeness (QED) is 0.922. The van der Waals surface area contributed by atoms with E-state index in [0.29, 0.717) is 11.7 Å². The molecule has 0 saturated carbocycles. The lowest BCUT2D eigenvalue weighted by atomic mass is 9.97. The minimum atomic E-state index is 0.114. The summed E-state index contributed by atoms with van der Waals surface area (Å²) < 4.78 is 0. The lowest BCUT2D eigenvalue weighted by Crippen LogP contribution is -2.35. The molecule has 0 spiro atoms. The van der Waals surface area contributed by atoms with E-state index in [0.717, 1.165) is 13.1 Å². The second kappa shape index (κ2) is 6.50. The first kappa shape index (κ1) is 13.8. The number of anilines is 1. The van der Waals surface area contributed by atoms with Gasteiger partial charge in [0.2, 0.25) is 5.28 Å². The smallest absolute Gasteiger partial charge is 0.245 e. The van der Waals surface area contributed by atoms with Crippen LogP contribution in [0.2, 0.25) is 10.4 Å². The fourth-order valence-electron chi connectivity index (χ4n) is 2.15. The molecule has 2 heterocycles. The van der Waals surface area contributed by atoms with Gasteiger partial charge >= 0.3 is 0 Å². The van der Waals surface area contributed by atoms with E-state index in [1.807, 2.05) is 0 Å². The second-order valence-electron chi connectivity index (χ2n) is 4.48. The zero-order valence-electron chi connectivity index (χ0n) is 10.4. The van der Waals surface area contributed by atoms with Gasteiger partial charge in [-0.3, -0.25) is 0 Å². The Morgan fingerprint density at radius 1 is 1.28 bits per heavy atom. The minimum Gasteiger partial charge on any atom is -0.367 e. The lowest BCUT2D eigenvalue weighted by molar-refractivity contribution is 0.198. The Morgan fingerprint density at radius 2 is 2.00 bits per heavy atom. The molecule has 1 N–H and O–H groups in total. The molecule has 0 radical (unpaired) electrons. The highest BCUT2D eigenvalue weighted by atomic mass is 35.5. The van der Waals surface area contributed by atoms with Crippen LogP contribution in [0.1, 0.15) is 19.8 Å². The highest BCUT2D eigenvalue weighted by Gasteiger charge is 2.18. The number of rotatable bonds is 4. The van der Waals surface area contributed by atoms with Gasteiger partial charge in [-0.2, -0.15) is 4.98 Å². The van der Waals surface area contributed by atoms with E-state index in [1.165, 1.54) is 25.9 Å². The number of likely N-dealkylation sites (tertiary alicyclic amines) is 1. The van der Waals surface area contributed by atoms with E-state index in [9.17, 15) is 0 Å². The van der Waals surface area contributed by atoms with E-state index in [4.69, 9.17) is 23.2 Å². The van der Waals surface area contributed by atoms with Crippen LogP contribution >= 0.6 is 23.2 Å². The topological polar surface area (TPSA) is 53.9 Å². The van der Waals surface area contributed by atoms with Crippen molar-refractivity contribution >= 4 is 29.0 Å². The molecule has 2 rings (SSSR count). The molecule has 0 aromatic carbocycles. The van der Waals surface area contributed by atoms with Crippen molar-refractivity contribution < 1.29 is 0 Å². The van der Waals surface area contributed by atoms with Crippen molar-refractivity contribution in [2.75, 3.05) is 31.5 Å². The molecule has 0 bridgehead atoms. The van der Waals surface area contributed by atoms with Crippen LogP contribution in [0.3, 0.4) is 0 Å². The van der Waals surface area contributed by atoms with E-state index in [2.05, 4.69) is 32.3 Å². The zero-order valence-corrected chi connectivity index (χ0v) is 11.9. The number of piperidine rings is 1. The van der Waals surface area contributed by atoms with E-state index in [-0.39, 0.29) is 10.4 Å². The van der Waals surface area contributed by atoms with Crippen molar-refractivity contribution in [1.29, 1.82) is 0 Å². The van der Waals surface area contributed by atoms with E-state index < -0.39 is 0 Å². The van der Waals surface area contributed by atoms with Gasteiger partial charge in [-0.15, -0.1) is 10.2 Å². The third-order valence-corrected chi connectivity index (χ3v) is 3.75. The van der Waals surface area contributed by atoms with Crippen molar-refractivity contribution in [1.82, 2.24) is 20.1 Å². The first-order valence-electron chi connectivity index (χ1n) is 6.21. The summed E-state index contributed by atoms with van der Waals surface area (Å²) in [6.45, 7) is 6.52. The van der Waals surface area contributed by atoms with Gasteiger partial charge in [0, 0.05) is 6.54 Å². The summed E-state index contributed by atoms with van der Waals surface area (Å²) in [5, 5.41) is 10.9. The zero-order chi connectivity index (χ0) is 13.0. The molecule has 1 aromatic rings. The Kier molecular flexibility index (Phi) is 4.97. The molecular weight excluding hydrogens is 273 g/mol. The van der Waals surface area contributed by atoms with Crippen LogP contribution in [0, 0.1) is 5.92 Å². The molecule has 100 valence electrons. The number of aromatic nitrogens is 3. The molecule has 1 aliphatic heterocycles. The van der Waals surface area contributed by atoms with Crippen LogP contribution in [0.15, 0.2) is 0 Å². The molecule has 1 fully saturated rings. The van der Waals surface area contributed by atoms with E-state index in [1.54, 1.807) is 0 Å². The Labute approximate surface area is 117 Å². The first-order valence-corrected chi connectivity index (χ1v) is 6.96. The summed E-state index contributed by atoms with van der Waals surface area (Å²) in [5.74, 6) is 1.17. The Bertz CT molecular complexity index is 393. The standard InChI is InChI=1S/C11H17Cl2N5/c1-2-18-5-3-8(4-6-18)7-14-10-9(12)16-17-11(13)15-10/h8H,2-7H2,1H3,(H,14,15,17). The van der Waals surface area contributed by atoms with Crippen LogP contribution < -0.4 is 5.32 Å². The third-order valence-electron chi connectivity index (χ3n) is 3.33. The second-order valence-corrected chi connectivity index (χ2v) is 5.17. The molecule has 5 nitrogen and oxygen atoms in total. The Balaban J connectivity index is 1.83. The monoisotopic (exact) mass is 289 g/mol. The maximum absolute atomic E-state index is 5.89. The van der Waals surface area contributed by atoms with Crippen LogP contribution in [0.5, 0.6) is 0 Å². The van der Waals surface area contributed by atoms with Crippen molar-refractivity contribution in [3.05, 3.63) is 10.4 Å². The summed E-state index contributed by atoms with van der Waals surface area (Å²) in [4.78, 5) is 6.49. The third kappa shape index (κ3) is 3.67. The number of nitrogens with one attached hydrogen (secondary N) is 1. The van der Waals surface area contributed by atoms with Crippen molar-refractivity contribution in [3.63, 3.8) is 0 Å². The van der Waals surface area contributed by atoms with Gasteiger partial charge in [-0.1, -0.05) is 18.5 Å². The van der Waals surface area contributed by atoms with E-state index >= 15 is 0 Å². The lowest BCUT2D eigenvalue weighted by Gasteiger charge is -2.31. The predicted octanol–water partition coefficient (Wildman–Crippen LogP) is 2.32. The normalized spacial score (nSPS) is 17.9. The molecule has 0 unspecified atom stereocenters. The largest absolute Gasteiger partial charge is 0.367 e. The van der Waals surface area contributed by atoms with Crippen LogP contribution in [-0.4, -0.2) is 46.3 Å². The molecule has 1 saturated heterocycles. The SMILES string of the molecule is CCN1CCC(CNc2nc(Cl)nnc2Cl)CC1. The van der Waals surface area contributed by atoms with Crippen molar-refractivity contribution in [2.24, 2.45) is 5.92 Å². The molecule has 1 aliphatic rings. The first-order chi connectivity index (χ1) is 8.69. The highest BCUT2D eigenvalue weighted by Crippen LogP contribution is 2.20. The fourth-order valence-corrected chi connectivity index (χ4v) is 2.42. The number of hydrogen-bond acceptors (Lipinski definition) is 5. The number of nitrogens with zero attached hydrogens (tertiary/aromatic N) is 4.